The van der Waals surface area contributed by atoms with Crippen molar-refractivity contribution in [1.29, 1.82) is 0 Å². The topological polar surface area (TPSA) is 43.4 Å². The number of pyridine rings is 1. The predicted octanol–water partition coefficient (Wildman–Crippen LogP) is 5.38. The highest BCUT2D eigenvalue weighted by atomic mass is 32.2. The molecule has 0 aliphatic carbocycles. The van der Waals surface area contributed by atoms with E-state index in [2.05, 4.69) is 62.3 Å². The highest BCUT2D eigenvalue weighted by Crippen LogP contribution is 2.36. The van der Waals surface area contributed by atoms with Crippen LogP contribution in [0.1, 0.15) is 57.7 Å². The number of rotatable bonds is 7. The number of nitrogens with zero attached hydrogens (tertiary/aromatic N) is 1. The van der Waals surface area contributed by atoms with E-state index in [-0.39, 0.29) is 16.9 Å². The molecule has 0 spiro atoms. The Labute approximate surface area is 173 Å². The molecule has 1 fully saturated rings. The monoisotopic (exact) mass is 400 g/mol. The van der Waals surface area contributed by atoms with Crippen molar-refractivity contribution in [3.05, 3.63) is 53.7 Å². The third-order valence-electron chi connectivity index (χ3n) is 4.67. The Bertz CT molecular complexity index is 754. The molecule has 28 heavy (non-hydrogen) atoms. The highest BCUT2D eigenvalue weighted by Gasteiger charge is 2.18. The zero-order chi connectivity index (χ0) is 20.0. The van der Waals surface area contributed by atoms with Gasteiger partial charge >= 0.3 is 0 Å². The standard InChI is InChI=1S/C23H32N2O2S/c1-17(20-7-5-6-8-21(20)28-23(2,3)4)25-16-18-9-12-24-22(15-18)27-19-10-13-26-14-11-19/h5-9,12,15,17,19,25H,10-11,13-14,16H2,1-4H3/t17-/m0/s1. The van der Waals surface area contributed by atoms with E-state index in [0.717, 1.165) is 32.6 Å². The minimum atomic E-state index is 0.192. The molecule has 4 nitrogen and oxygen atoms in total. The Morgan fingerprint density at radius 3 is 2.71 bits per heavy atom. The largest absolute Gasteiger partial charge is 0.474 e. The first-order chi connectivity index (χ1) is 13.4. The lowest BCUT2D eigenvalue weighted by Crippen LogP contribution is -2.26. The van der Waals surface area contributed by atoms with Gasteiger partial charge in [-0.15, -0.1) is 11.8 Å². The molecule has 3 rings (SSSR count). The zero-order valence-corrected chi connectivity index (χ0v) is 18.2. The van der Waals surface area contributed by atoms with Gasteiger partial charge in [-0.2, -0.15) is 0 Å². The van der Waals surface area contributed by atoms with Crippen LogP contribution in [0, 0.1) is 0 Å². The summed E-state index contributed by atoms with van der Waals surface area (Å²) in [5, 5.41) is 3.66. The van der Waals surface area contributed by atoms with Gasteiger partial charge in [0.25, 0.3) is 0 Å². The van der Waals surface area contributed by atoms with Gasteiger partial charge in [0.15, 0.2) is 0 Å². The molecule has 1 saturated heterocycles. The van der Waals surface area contributed by atoms with Gasteiger partial charge in [0.05, 0.1) is 13.2 Å². The predicted molar refractivity (Wildman–Crippen MR) is 116 cm³/mol. The molecule has 0 radical (unpaired) electrons. The molecule has 1 aromatic heterocycles. The van der Waals surface area contributed by atoms with Gasteiger partial charge in [0, 0.05) is 47.3 Å². The smallest absolute Gasteiger partial charge is 0.213 e. The Morgan fingerprint density at radius 1 is 1.21 bits per heavy atom. The number of hydrogen-bond donors (Lipinski definition) is 1. The van der Waals surface area contributed by atoms with Crippen LogP contribution in [0.2, 0.25) is 0 Å². The molecule has 1 aliphatic heterocycles. The van der Waals surface area contributed by atoms with Crippen LogP contribution >= 0.6 is 11.8 Å². The van der Waals surface area contributed by atoms with Crippen LogP contribution in [-0.4, -0.2) is 29.0 Å². The summed E-state index contributed by atoms with van der Waals surface area (Å²) in [5.41, 5.74) is 2.53. The summed E-state index contributed by atoms with van der Waals surface area (Å²) < 4.78 is 11.6. The summed E-state index contributed by atoms with van der Waals surface area (Å²) in [7, 11) is 0. The van der Waals surface area contributed by atoms with Crippen molar-refractivity contribution in [2.45, 2.75) is 68.9 Å². The number of hydrogen-bond acceptors (Lipinski definition) is 5. The van der Waals surface area contributed by atoms with Crippen molar-refractivity contribution in [3.63, 3.8) is 0 Å². The second kappa shape index (κ2) is 9.77. The SMILES string of the molecule is C[C@H](NCc1ccnc(OC2CCOCC2)c1)c1ccccc1SC(C)(C)C. The molecule has 0 saturated carbocycles. The number of thioether (sulfide) groups is 1. The molecule has 1 atom stereocenters. The first-order valence-electron chi connectivity index (χ1n) is 10.1. The zero-order valence-electron chi connectivity index (χ0n) is 17.4. The Morgan fingerprint density at radius 2 is 1.96 bits per heavy atom. The molecule has 1 aromatic carbocycles. The van der Waals surface area contributed by atoms with Crippen LogP contribution in [0.3, 0.4) is 0 Å². The molecule has 0 amide bonds. The number of benzene rings is 1. The third kappa shape index (κ3) is 6.50. The van der Waals surface area contributed by atoms with Crippen LogP contribution in [0.25, 0.3) is 0 Å². The first kappa shape index (κ1) is 21.2. The number of ether oxygens (including phenoxy) is 2. The van der Waals surface area contributed by atoms with Crippen LogP contribution in [0.15, 0.2) is 47.5 Å². The molecule has 1 aliphatic rings. The average molecular weight is 401 g/mol. The Hall–Kier alpha value is -1.56. The van der Waals surface area contributed by atoms with E-state index in [1.165, 1.54) is 16.0 Å². The van der Waals surface area contributed by atoms with Crippen molar-refractivity contribution in [2.75, 3.05) is 13.2 Å². The molecule has 152 valence electrons. The molecule has 1 N–H and O–H groups in total. The number of aromatic nitrogens is 1. The van der Waals surface area contributed by atoms with Gasteiger partial charge in [0.1, 0.15) is 6.10 Å². The maximum absolute atomic E-state index is 6.04. The van der Waals surface area contributed by atoms with E-state index in [1.807, 2.05) is 30.1 Å². The molecule has 2 aromatic rings. The van der Waals surface area contributed by atoms with E-state index in [1.54, 1.807) is 0 Å². The summed E-state index contributed by atoms with van der Waals surface area (Å²) in [6, 6.07) is 13.0. The molecular weight excluding hydrogens is 368 g/mol. The van der Waals surface area contributed by atoms with Crippen LogP contribution < -0.4 is 10.1 Å². The van der Waals surface area contributed by atoms with E-state index in [0.29, 0.717) is 5.88 Å². The summed E-state index contributed by atoms with van der Waals surface area (Å²) >= 11 is 1.92. The van der Waals surface area contributed by atoms with Crippen molar-refractivity contribution >= 4 is 11.8 Å². The fraction of sp³-hybridized carbons (Fsp3) is 0.522. The maximum Gasteiger partial charge on any atom is 0.213 e. The highest BCUT2D eigenvalue weighted by molar-refractivity contribution is 8.00. The summed E-state index contributed by atoms with van der Waals surface area (Å²) in [6.07, 6.45) is 3.91. The van der Waals surface area contributed by atoms with E-state index in [9.17, 15) is 0 Å². The van der Waals surface area contributed by atoms with Gasteiger partial charge in [-0.3, -0.25) is 0 Å². The van der Waals surface area contributed by atoms with Gasteiger partial charge in [0.2, 0.25) is 5.88 Å². The van der Waals surface area contributed by atoms with E-state index >= 15 is 0 Å². The minimum absolute atomic E-state index is 0.192. The maximum atomic E-state index is 6.04. The fourth-order valence-corrected chi connectivity index (χ4v) is 4.40. The molecule has 5 heteroatoms. The van der Waals surface area contributed by atoms with Crippen LogP contribution in [0.5, 0.6) is 5.88 Å². The number of nitrogens with one attached hydrogen (secondary N) is 1. The fourth-order valence-electron chi connectivity index (χ4n) is 3.23. The molecule has 0 unspecified atom stereocenters. The van der Waals surface area contributed by atoms with Gasteiger partial charge in [-0.1, -0.05) is 39.0 Å². The van der Waals surface area contributed by atoms with E-state index < -0.39 is 0 Å². The van der Waals surface area contributed by atoms with Gasteiger partial charge in [-0.05, 0) is 30.2 Å². The van der Waals surface area contributed by atoms with Crippen molar-refractivity contribution < 1.29 is 9.47 Å². The van der Waals surface area contributed by atoms with Crippen LogP contribution in [-0.2, 0) is 11.3 Å². The normalized spacial score (nSPS) is 16.7. The molecule has 0 bridgehead atoms. The summed E-state index contributed by atoms with van der Waals surface area (Å²) in [5.74, 6) is 0.711. The summed E-state index contributed by atoms with van der Waals surface area (Å²) in [4.78, 5) is 5.72. The molecular formula is C23H32N2O2S. The Kier molecular flexibility index (Phi) is 7.38. The van der Waals surface area contributed by atoms with Gasteiger partial charge < -0.3 is 14.8 Å². The molecule has 2 heterocycles. The quantitative estimate of drug-likeness (QED) is 0.632. The summed E-state index contributed by atoms with van der Waals surface area (Å²) in [6.45, 7) is 11.3. The Balaban J connectivity index is 1.60. The van der Waals surface area contributed by atoms with Crippen LogP contribution in [0.4, 0.5) is 0 Å². The van der Waals surface area contributed by atoms with Crippen molar-refractivity contribution in [3.8, 4) is 5.88 Å². The van der Waals surface area contributed by atoms with Gasteiger partial charge in [-0.25, -0.2) is 4.98 Å². The van der Waals surface area contributed by atoms with Crippen molar-refractivity contribution in [2.24, 2.45) is 0 Å². The lowest BCUT2D eigenvalue weighted by atomic mass is 10.1. The van der Waals surface area contributed by atoms with E-state index in [4.69, 9.17) is 9.47 Å². The lowest BCUT2D eigenvalue weighted by Gasteiger charge is -2.24. The lowest BCUT2D eigenvalue weighted by molar-refractivity contribution is 0.0237. The minimum Gasteiger partial charge on any atom is -0.474 e. The third-order valence-corrected chi connectivity index (χ3v) is 5.87. The second-order valence-electron chi connectivity index (χ2n) is 8.29. The van der Waals surface area contributed by atoms with Crippen molar-refractivity contribution in [1.82, 2.24) is 10.3 Å². The average Bonchev–Trinajstić information content (AvgIpc) is 2.66. The second-order valence-corrected chi connectivity index (χ2v) is 10.2. The first-order valence-corrected chi connectivity index (χ1v) is 10.9.